The van der Waals surface area contributed by atoms with E-state index in [9.17, 15) is 9.59 Å². The summed E-state index contributed by atoms with van der Waals surface area (Å²) in [6.07, 6.45) is 9.02. The summed E-state index contributed by atoms with van der Waals surface area (Å²) in [5, 5.41) is 2.48. The molecule has 0 aliphatic heterocycles. The first kappa shape index (κ1) is 18.4. The van der Waals surface area contributed by atoms with Crippen molar-refractivity contribution in [1.82, 2.24) is 0 Å². The number of para-hydroxylation sites is 1. The van der Waals surface area contributed by atoms with E-state index in [2.05, 4.69) is 17.2 Å². The second-order valence-electron chi connectivity index (χ2n) is 4.93. The third kappa shape index (κ3) is 5.33. The van der Waals surface area contributed by atoms with E-state index in [0.29, 0.717) is 11.4 Å². The zero-order chi connectivity index (χ0) is 18.8. The van der Waals surface area contributed by atoms with Crippen LogP contribution in [0.4, 0.5) is 21.0 Å². The summed E-state index contributed by atoms with van der Waals surface area (Å²) in [4.78, 5) is 25.3. The average molecular weight is 348 g/mol. The topological polar surface area (TPSA) is 67.9 Å². The van der Waals surface area contributed by atoms with Gasteiger partial charge in [-0.15, -0.1) is 12.8 Å². The number of carbonyl (C=O) groups excluding carboxylic acids is 2. The van der Waals surface area contributed by atoms with E-state index in [1.807, 2.05) is 6.07 Å². The number of hydrogen-bond acceptors (Lipinski definition) is 4. The van der Waals surface area contributed by atoms with Crippen LogP contribution in [0.25, 0.3) is 0 Å². The quantitative estimate of drug-likeness (QED) is 0.840. The highest BCUT2D eigenvalue weighted by molar-refractivity contribution is 5.90. The number of anilines is 2. The summed E-state index contributed by atoms with van der Waals surface area (Å²) >= 11 is 0. The molecule has 0 unspecified atom stereocenters. The standard InChI is InChI=1S/C20H16N2O4/c1-3-13-22(17-10-6-5-7-11-17)20(24)26-18-12-8-9-16(15-18)21-19(23)25-14-4-2/h1-2,5-12,15H,13-14H2,(H,21,23). The Bertz CT molecular complexity index is 850. The van der Waals surface area contributed by atoms with E-state index >= 15 is 0 Å². The first-order valence-electron chi connectivity index (χ1n) is 7.59. The van der Waals surface area contributed by atoms with Crippen LogP contribution in [0.3, 0.4) is 0 Å². The van der Waals surface area contributed by atoms with E-state index < -0.39 is 12.2 Å². The van der Waals surface area contributed by atoms with Gasteiger partial charge in [-0.25, -0.2) is 9.59 Å². The van der Waals surface area contributed by atoms with Gasteiger partial charge >= 0.3 is 12.2 Å². The van der Waals surface area contributed by atoms with E-state index in [4.69, 9.17) is 22.3 Å². The monoisotopic (exact) mass is 348 g/mol. The van der Waals surface area contributed by atoms with Crippen LogP contribution in [0.1, 0.15) is 0 Å². The molecule has 0 atom stereocenters. The third-order valence-electron chi connectivity index (χ3n) is 3.11. The normalized spacial score (nSPS) is 9.31. The van der Waals surface area contributed by atoms with E-state index in [0.717, 1.165) is 0 Å². The lowest BCUT2D eigenvalue weighted by Crippen LogP contribution is -2.33. The molecule has 0 saturated carbocycles. The molecule has 2 rings (SSSR count). The van der Waals surface area contributed by atoms with Crippen LogP contribution in [0.5, 0.6) is 5.75 Å². The predicted octanol–water partition coefficient (Wildman–Crippen LogP) is 3.51. The van der Waals surface area contributed by atoms with Gasteiger partial charge in [0.25, 0.3) is 0 Å². The number of ether oxygens (including phenoxy) is 2. The van der Waals surface area contributed by atoms with Gasteiger partial charge in [0.15, 0.2) is 6.61 Å². The molecule has 0 radical (unpaired) electrons. The van der Waals surface area contributed by atoms with Crippen molar-refractivity contribution in [2.45, 2.75) is 0 Å². The van der Waals surface area contributed by atoms with Crippen LogP contribution in [-0.2, 0) is 4.74 Å². The number of rotatable bonds is 5. The minimum absolute atomic E-state index is 0.0548. The smallest absolute Gasteiger partial charge is 0.420 e. The van der Waals surface area contributed by atoms with Crippen molar-refractivity contribution >= 4 is 23.6 Å². The SMILES string of the molecule is C#CCOC(=O)Nc1cccc(OC(=O)N(CC#C)c2ccccc2)c1. The van der Waals surface area contributed by atoms with Crippen LogP contribution in [0.15, 0.2) is 54.6 Å². The summed E-state index contributed by atoms with van der Waals surface area (Å²) in [6.45, 7) is -0.0855. The van der Waals surface area contributed by atoms with Crippen molar-refractivity contribution < 1.29 is 19.1 Å². The average Bonchev–Trinajstić information content (AvgIpc) is 2.65. The Morgan fingerprint density at radius 3 is 2.50 bits per heavy atom. The van der Waals surface area contributed by atoms with Crippen molar-refractivity contribution in [3.8, 4) is 30.4 Å². The molecule has 6 heteroatoms. The predicted molar refractivity (Wildman–Crippen MR) is 98.9 cm³/mol. The lowest BCUT2D eigenvalue weighted by Gasteiger charge is -2.19. The van der Waals surface area contributed by atoms with Crippen molar-refractivity contribution in [1.29, 1.82) is 0 Å². The fourth-order valence-electron chi connectivity index (χ4n) is 2.01. The van der Waals surface area contributed by atoms with Gasteiger partial charge in [0.2, 0.25) is 0 Å². The molecule has 130 valence electrons. The van der Waals surface area contributed by atoms with Gasteiger partial charge in [0, 0.05) is 17.4 Å². The summed E-state index contributed by atoms with van der Waals surface area (Å²) in [6, 6.07) is 15.2. The van der Waals surface area contributed by atoms with Crippen molar-refractivity contribution in [3.05, 3.63) is 54.6 Å². The minimum atomic E-state index is -0.704. The summed E-state index contributed by atoms with van der Waals surface area (Å²) in [5.41, 5.74) is 1.00. The van der Waals surface area contributed by atoms with E-state index in [-0.39, 0.29) is 18.9 Å². The van der Waals surface area contributed by atoms with Crippen LogP contribution < -0.4 is 15.0 Å². The van der Waals surface area contributed by atoms with Gasteiger partial charge < -0.3 is 9.47 Å². The second kappa shape index (κ2) is 9.41. The number of nitrogens with zero attached hydrogens (tertiary/aromatic N) is 1. The highest BCUT2D eigenvalue weighted by atomic mass is 16.6. The van der Waals surface area contributed by atoms with Gasteiger partial charge in [0.1, 0.15) is 5.75 Å². The van der Waals surface area contributed by atoms with Crippen LogP contribution in [0.2, 0.25) is 0 Å². The highest BCUT2D eigenvalue weighted by Gasteiger charge is 2.17. The highest BCUT2D eigenvalue weighted by Crippen LogP contribution is 2.20. The first-order valence-corrected chi connectivity index (χ1v) is 7.59. The molecule has 0 heterocycles. The number of benzene rings is 2. The molecule has 6 nitrogen and oxygen atoms in total. The Kier molecular flexibility index (Phi) is 6.67. The molecule has 0 aromatic heterocycles. The summed E-state index contributed by atoms with van der Waals surface area (Å²) in [5.74, 6) is 4.85. The second-order valence-corrected chi connectivity index (χ2v) is 4.93. The zero-order valence-electron chi connectivity index (χ0n) is 13.8. The van der Waals surface area contributed by atoms with Crippen LogP contribution >= 0.6 is 0 Å². The van der Waals surface area contributed by atoms with Gasteiger partial charge in [-0.2, -0.15) is 0 Å². The molecule has 0 bridgehead atoms. The molecule has 2 aromatic rings. The Balaban J connectivity index is 2.08. The Labute approximate surface area is 151 Å². The Hall–Kier alpha value is -3.90. The molecule has 0 aliphatic rings. The summed E-state index contributed by atoms with van der Waals surface area (Å²) in [7, 11) is 0. The van der Waals surface area contributed by atoms with Crippen molar-refractivity contribution in [2.24, 2.45) is 0 Å². The molecule has 0 spiro atoms. The van der Waals surface area contributed by atoms with Crippen LogP contribution in [0, 0.1) is 24.7 Å². The summed E-state index contributed by atoms with van der Waals surface area (Å²) < 4.78 is 10.1. The fraction of sp³-hybridized carbons (Fsp3) is 0.100. The Morgan fingerprint density at radius 2 is 1.81 bits per heavy atom. The minimum Gasteiger partial charge on any atom is -0.436 e. The largest absolute Gasteiger partial charge is 0.436 e. The number of terminal acetylenes is 2. The zero-order valence-corrected chi connectivity index (χ0v) is 13.8. The maximum Gasteiger partial charge on any atom is 0.420 e. The van der Waals surface area contributed by atoms with Gasteiger partial charge in [0.05, 0.1) is 6.54 Å². The third-order valence-corrected chi connectivity index (χ3v) is 3.11. The van der Waals surface area contributed by atoms with Gasteiger partial charge in [-0.1, -0.05) is 36.1 Å². The van der Waals surface area contributed by atoms with Crippen molar-refractivity contribution in [3.63, 3.8) is 0 Å². The van der Waals surface area contributed by atoms with Crippen molar-refractivity contribution in [2.75, 3.05) is 23.4 Å². The van der Waals surface area contributed by atoms with E-state index in [1.54, 1.807) is 42.5 Å². The molecular formula is C20H16N2O4. The maximum atomic E-state index is 12.5. The fourth-order valence-corrected chi connectivity index (χ4v) is 2.01. The van der Waals surface area contributed by atoms with Gasteiger partial charge in [-0.05, 0) is 24.3 Å². The lowest BCUT2D eigenvalue weighted by molar-refractivity contribution is 0.176. The molecule has 0 fully saturated rings. The maximum absolute atomic E-state index is 12.5. The molecule has 1 N–H and O–H groups in total. The van der Waals surface area contributed by atoms with Crippen LogP contribution in [-0.4, -0.2) is 25.3 Å². The first-order chi connectivity index (χ1) is 12.6. The molecule has 2 aromatic carbocycles. The molecule has 26 heavy (non-hydrogen) atoms. The molecular weight excluding hydrogens is 332 g/mol. The molecule has 2 amide bonds. The number of nitrogens with one attached hydrogen (secondary N) is 1. The molecule has 0 aliphatic carbocycles. The lowest BCUT2D eigenvalue weighted by atomic mass is 10.3. The van der Waals surface area contributed by atoms with E-state index in [1.165, 1.54) is 11.0 Å². The Morgan fingerprint density at radius 1 is 1.04 bits per heavy atom. The number of amides is 2. The number of carbonyl (C=O) groups is 2. The molecule has 0 saturated heterocycles. The number of hydrogen-bond donors (Lipinski definition) is 1. The van der Waals surface area contributed by atoms with Gasteiger partial charge in [-0.3, -0.25) is 10.2 Å².